The van der Waals surface area contributed by atoms with Gasteiger partial charge in [0.05, 0.1) is 29.6 Å². The smallest absolute Gasteiger partial charge is 0.309 e. The number of fused-ring (bicyclic) bond motifs is 1. The minimum Gasteiger partial charge on any atom is -0.481 e. The number of benzene rings is 1. The first-order chi connectivity index (χ1) is 9.24. The monoisotopic (exact) mass is 253 g/mol. The van der Waals surface area contributed by atoms with Crippen molar-refractivity contribution in [1.29, 1.82) is 0 Å². The van der Waals surface area contributed by atoms with Gasteiger partial charge in [-0.3, -0.25) is 9.78 Å². The van der Waals surface area contributed by atoms with Gasteiger partial charge in [-0.15, -0.1) is 0 Å². The molecule has 5 heteroatoms. The maximum Gasteiger partial charge on any atom is 0.309 e. The topological polar surface area (TPSA) is 68.0 Å². The van der Waals surface area contributed by atoms with E-state index in [4.69, 9.17) is 5.11 Å². The highest BCUT2D eigenvalue weighted by Gasteiger charge is 2.09. The lowest BCUT2D eigenvalue weighted by Crippen LogP contribution is -2.04. The Morgan fingerprint density at radius 1 is 1.32 bits per heavy atom. The van der Waals surface area contributed by atoms with Crippen molar-refractivity contribution in [3.05, 3.63) is 54.7 Å². The fourth-order valence-electron chi connectivity index (χ4n) is 2.07. The Morgan fingerprint density at radius 3 is 2.89 bits per heavy atom. The third-order valence-electron chi connectivity index (χ3n) is 2.86. The van der Waals surface area contributed by atoms with Gasteiger partial charge in [0, 0.05) is 17.8 Å². The first kappa shape index (κ1) is 11.4. The summed E-state index contributed by atoms with van der Waals surface area (Å²) in [6.07, 6.45) is 5.11. The lowest BCUT2D eigenvalue weighted by atomic mass is 10.1. The molecule has 0 bridgehead atoms. The minimum atomic E-state index is -0.889. The lowest BCUT2D eigenvalue weighted by molar-refractivity contribution is -0.136. The predicted octanol–water partition coefficient (Wildman–Crippen LogP) is 2.05. The van der Waals surface area contributed by atoms with Gasteiger partial charge < -0.3 is 9.67 Å². The van der Waals surface area contributed by atoms with Crippen LogP contribution in [0.1, 0.15) is 5.69 Å². The van der Waals surface area contributed by atoms with Gasteiger partial charge in [0.15, 0.2) is 0 Å². The number of rotatable bonds is 3. The molecule has 2 aromatic heterocycles. The molecular weight excluding hydrogens is 242 g/mol. The summed E-state index contributed by atoms with van der Waals surface area (Å²) in [6.45, 7) is 0. The van der Waals surface area contributed by atoms with Crippen LogP contribution in [-0.2, 0) is 11.2 Å². The number of nitrogens with zero attached hydrogens (tertiary/aromatic N) is 3. The average molecular weight is 253 g/mol. The highest BCUT2D eigenvalue weighted by Crippen LogP contribution is 2.22. The molecule has 3 aromatic rings. The highest BCUT2D eigenvalue weighted by atomic mass is 16.4. The molecule has 3 rings (SSSR count). The largest absolute Gasteiger partial charge is 0.481 e. The number of hydrogen-bond donors (Lipinski definition) is 1. The van der Waals surface area contributed by atoms with Gasteiger partial charge in [-0.05, 0) is 12.1 Å². The van der Waals surface area contributed by atoms with Crippen LogP contribution in [0.4, 0.5) is 0 Å². The molecule has 0 unspecified atom stereocenters. The van der Waals surface area contributed by atoms with Crippen molar-refractivity contribution in [3.8, 4) is 5.69 Å². The normalized spacial score (nSPS) is 10.7. The summed E-state index contributed by atoms with van der Waals surface area (Å²) in [5, 5.41) is 9.87. The van der Waals surface area contributed by atoms with E-state index in [1.807, 2.05) is 35.0 Å². The summed E-state index contributed by atoms with van der Waals surface area (Å²) >= 11 is 0. The van der Waals surface area contributed by atoms with E-state index < -0.39 is 5.97 Å². The molecule has 0 aliphatic carbocycles. The Balaban J connectivity index is 2.25. The molecule has 0 radical (unpaired) electrons. The quantitative estimate of drug-likeness (QED) is 0.775. The highest BCUT2D eigenvalue weighted by molar-refractivity contribution is 5.88. The van der Waals surface area contributed by atoms with Gasteiger partial charge in [-0.2, -0.15) is 0 Å². The molecule has 0 atom stereocenters. The molecule has 0 spiro atoms. The van der Waals surface area contributed by atoms with Gasteiger partial charge in [-0.25, -0.2) is 4.98 Å². The van der Waals surface area contributed by atoms with Crippen molar-refractivity contribution >= 4 is 16.9 Å². The number of carboxylic acids is 1. The summed E-state index contributed by atoms with van der Waals surface area (Å²) in [7, 11) is 0. The van der Waals surface area contributed by atoms with Crippen molar-refractivity contribution in [2.24, 2.45) is 0 Å². The molecule has 2 heterocycles. The third-order valence-corrected chi connectivity index (χ3v) is 2.86. The van der Waals surface area contributed by atoms with E-state index in [1.54, 1.807) is 18.6 Å². The van der Waals surface area contributed by atoms with E-state index in [-0.39, 0.29) is 6.42 Å². The number of aromatic nitrogens is 3. The zero-order valence-electron chi connectivity index (χ0n) is 10.0. The molecule has 1 N–H and O–H groups in total. The summed E-state index contributed by atoms with van der Waals surface area (Å²) in [6, 6.07) is 9.44. The van der Waals surface area contributed by atoms with Crippen molar-refractivity contribution in [3.63, 3.8) is 0 Å². The van der Waals surface area contributed by atoms with Crippen LogP contribution in [0.3, 0.4) is 0 Å². The van der Waals surface area contributed by atoms with Crippen LogP contribution in [0.2, 0.25) is 0 Å². The molecule has 0 fully saturated rings. The van der Waals surface area contributed by atoms with Crippen molar-refractivity contribution in [2.45, 2.75) is 6.42 Å². The van der Waals surface area contributed by atoms with Gasteiger partial charge in [0.2, 0.25) is 0 Å². The maximum absolute atomic E-state index is 10.8. The molecule has 5 nitrogen and oxygen atoms in total. The number of para-hydroxylation sites is 1. The SMILES string of the molecule is O=C(O)Cc1cc(-n2ccnc2)c2ccccc2n1. The standard InChI is InChI=1S/C14H11N3O2/c18-14(19)8-10-7-13(17-6-5-15-9-17)11-3-1-2-4-12(11)16-10/h1-7,9H,8H2,(H,18,19). The van der Waals surface area contributed by atoms with E-state index >= 15 is 0 Å². The summed E-state index contributed by atoms with van der Waals surface area (Å²) < 4.78 is 1.86. The van der Waals surface area contributed by atoms with Crippen LogP contribution < -0.4 is 0 Å². The molecule has 0 aliphatic rings. The number of carboxylic acid groups (broad SMARTS) is 1. The number of carbonyl (C=O) groups is 1. The molecule has 19 heavy (non-hydrogen) atoms. The van der Waals surface area contributed by atoms with E-state index in [0.717, 1.165) is 16.6 Å². The Morgan fingerprint density at radius 2 is 2.16 bits per heavy atom. The van der Waals surface area contributed by atoms with Crippen LogP contribution in [-0.4, -0.2) is 25.6 Å². The zero-order chi connectivity index (χ0) is 13.2. The number of pyridine rings is 1. The molecule has 0 aliphatic heterocycles. The second kappa shape index (κ2) is 4.53. The Hall–Kier alpha value is -2.69. The second-order valence-electron chi connectivity index (χ2n) is 4.19. The number of imidazole rings is 1. The fraction of sp³-hybridized carbons (Fsp3) is 0.0714. The van der Waals surface area contributed by atoms with Crippen LogP contribution in [0.5, 0.6) is 0 Å². The second-order valence-corrected chi connectivity index (χ2v) is 4.19. The van der Waals surface area contributed by atoms with Gasteiger partial charge in [0.25, 0.3) is 0 Å². The van der Waals surface area contributed by atoms with Crippen LogP contribution in [0.25, 0.3) is 16.6 Å². The average Bonchev–Trinajstić information content (AvgIpc) is 2.90. The Bertz CT molecular complexity index is 736. The van der Waals surface area contributed by atoms with Gasteiger partial charge in [-0.1, -0.05) is 18.2 Å². The Kier molecular flexibility index (Phi) is 2.72. The first-order valence-corrected chi connectivity index (χ1v) is 5.83. The molecule has 94 valence electrons. The van der Waals surface area contributed by atoms with Crippen LogP contribution >= 0.6 is 0 Å². The molecule has 0 saturated carbocycles. The molecule has 0 amide bonds. The van der Waals surface area contributed by atoms with Crippen molar-refractivity contribution in [1.82, 2.24) is 14.5 Å². The first-order valence-electron chi connectivity index (χ1n) is 5.83. The number of hydrogen-bond acceptors (Lipinski definition) is 3. The van der Waals surface area contributed by atoms with Crippen LogP contribution in [0.15, 0.2) is 49.1 Å². The Labute approximate surface area is 109 Å². The lowest BCUT2D eigenvalue weighted by Gasteiger charge is -2.09. The van der Waals surface area contributed by atoms with E-state index in [9.17, 15) is 4.79 Å². The van der Waals surface area contributed by atoms with Gasteiger partial charge in [0.1, 0.15) is 0 Å². The predicted molar refractivity (Wildman–Crippen MR) is 70.2 cm³/mol. The zero-order valence-corrected chi connectivity index (χ0v) is 10.0. The van der Waals surface area contributed by atoms with E-state index in [1.165, 1.54) is 0 Å². The summed E-state index contributed by atoms with van der Waals surface area (Å²) in [5.74, 6) is -0.889. The number of aliphatic carboxylic acids is 1. The molecule has 1 aromatic carbocycles. The summed E-state index contributed by atoms with van der Waals surface area (Å²) in [4.78, 5) is 19.2. The van der Waals surface area contributed by atoms with Crippen molar-refractivity contribution < 1.29 is 9.90 Å². The van der Waals surface area contributed by atoms with Gasteiger partial charge >= 0.3 is 5.97 Å². The minimum absolute atomic E-state index is 0.0907. The van der Waals surface area contributed by atoms with Crippen LogP contribution in [0, 0.1) is 0 Å². The van der Waals surface area contributed by atoms with E-state index in [2.05, 4.69) is 9.97 Å². The molecular formula is C14H11N3O2. The fourth-order valence-corrected chi connectivity index (χ4v) is 2.07. The summed E-state index contributed by atoms with van der Waals surface area (Å²) in [5.41, 5.74) is 2.21. The maximum atomic E-state index is 10.8. The molecule has 0 saturated heterocycles. The van der Waals surface area contributed by atoms with Crippen molar-refractivity contribution in [2.75, 3.05) is 0 Å². The third kappa shape index (κ3) is 2.18. The van der Waals surface area contributed by atoms with E-state index in [0.29, 0.717) is 5.69 Å².